The highest BCUT2D eigenvalue weighted by molar-refractivity contribution is 7.10. The molecule has 3 rings (SSSR count). The summed E-state index contributed by atoms with van der Waals surface area (Å²) in [4.78, 5) is 22.8. The van der Waals surface area contributed by atoms with Crippen molar-refractivity contribution < 1.29 is 9.18 Å². The molecule has 0 aliphatic carbocycles. The molecule has 0 radical (unpaired) electrons. The third-order valence-corrected chi connectivity index (χ3v) is 4.60. The van der Waals surface area contributed by atoms with Crippen LogP contribution >= 0.6 is 22.9 Å². The van der Waals surface area contributed by atoms with Crippen LogP contribution in [0.3, 0.4) is 0 Å². The summed E-state index contributed by atoms with van der Waals surface area (Å²) in [5, 5.41) is 4.75. The van der Waals surface area contributed by atoms with Gasteiger partial charge in [0.05, 0.1) is 24.5 Å². The zero-order valence-electron chi connectivity index (χ0n) is 12.3. The Bertz CT molecular complexity index is 768. The zero-order chi connectivity index (χ0) is 16.4. The second-order valence-electron chi connectivity index (χ2n) is 5.14. The molecule has 0 unspecified atom stereocenters. The highest BCUT2D eigenvalue weighted by Gasteiger charge is 2.25. The SMILES string of the molecule is Cc1sccc1C(=O)NCC(F)=C1CN(c2cncc(Cl)n2)C1. The van der Waals surface area contributed by atoms with Crippen molar-refractivity contribution in [3.05, 3.63) is 50.8 Å². The molecule has 23 heavy (non-hydrogen) atoms. The van der Waals surface area contributed by atoms with Gasteiger partial charge in [0.15, 0.2) is 0 Å². The second-order valence-corrected chi connectivity index (χ2v) is 6.65. The Hall–Kier alpha value is -1.99. The number of amides is 1. The van der Waals surface area contributed by atoms with E-state index in [1.54, 1.807) is 12.3 Å². The van der Waals surface area contributed by atoms with Crippen LogP contribution in [0.25, 0.3) is 0 Å². The Morgan fingerprint density at radius 3 is 2.91 bits per heavy atom. The van der Waals surface area contributed by atoms with Gasteiger partial charge in [-0.25, -0.2) is 9.37 Å². The van der Waals surface area contributed by atoms with Crippen molar-refractivity contribution in [2.45, 2.75) is 6.92 Å². The number of carbonyl (C=O) groups excluding carboxylic acids is 1. The minimum absolute atomic E-state index is 0.0987. The number of hydrogen-bond donors (Lipinski definition) is 1. The van der Waals surface area contributed by atoms with Crippen molar-refractivity contribution in [2.24, 2.45) is 0 Å². The first kappa shape index (κ1) is 15.9. The number of nitrogens with zero attached hydrogens (tertiary/aromatic N) is 3. The standard InChI is InChI=1S/C15H14ClFN4OS/c1-9-11(2-3-23-9)15(22)19-4-12(17)10-7-21(8-10)14-6-18-5-13(16)20-14/h2-3,5-6H,4,7-8H2,1H3,(H,19,22). The van der Waals surface area contributed by atoms with Gasteiger partial charge in [-0.1, -0.05) is 11.6 Å². The molecule has 3 heterocycles. The molecule has 8 heteroatoms. The molecule has 2 aromatic heterocycles. The van der Waals surface area contributed by atoms with Gasteiger partial charge in [0.2, 0.25) is 0 Å². The largest absolute Gasteiger partial charge is 0.347 e. The molecule has 5 nitrogen and oxygen atoms in total. The van der Waals surface area contributed by atoms with Gasteiger partial charge in [0.25, 0.3) is 5.91 Å². The van der Waals surface area contributed by atoms with Crippen molar-refractivity contribution in [2.75, 3.05) is 24.5 Å². The minimum Gasteiger partial charge on any atom is -0.347 e. The van der Waals surface area contributed by atoms with Crippen LogP contribution in [-0.4, -0.2) is 35.5 Å². The molecule has 1 saturated heterocycles. The van der Waals surface area contributed by atoms with Crippen LogP contribution in [0.2, 0.25) is 5.15 Å². The molecule has 1 amide bonds. The van der Waals surface area contributed by atoms with Gasteiger partial charge >= 0.3 is 0 Å². The molecule has 1 N–H and O–H groups in total. The normalized spacial score (nSPS) is 13.7. The van der Waals surface area contributed by atoms with Crippen LogP contribution in [0.5, 0.6) is 0 Å². The van der Waals surface area contributed by atoms with Gasteiger partial charge in [0, 0.05) is 23.5 Å². The Morgan fingerprint density at radius 2 is 2.26 bits per heavy atom. The summed E-state index contributed by atoms with van der Waals surface area (Å²) in [5.74, 6) is 0.0563. The lowest BCUT2D eigenvalue weighted by molar-refractivity contribution is 0.0954. The maximum absolute atomic E-state index is 14.1. The molecule has 0 aromatic carbocycles. The minimum atomic E-state index is -0.308. The van der Waals surface area contributed by atoms with E-state index in [0.29, 0.717) is 35.2 Å². The van der Waals surface area contributed by atoms with E-state index < -0.39 is 0 Å². The predicted octanol–water partition coefficient (Wildman–Crippen LogP) is 2.97. The molecule has 1 aliphatic heterocycles. The van der Waals surface area contributed by atoms with Crippen molar-refractivity contribution in [3.8, 4) is 0 Å². The first-order valence-electron chi connectivity index (χ1n) is 6.96. The number of rotatable bonds is 4. The molecule has 2 aromatic rings. The molecule has 1 aliphatic rings. The van der Waals surface area contributed by atoms with Gasteiger partial charge in [0.1, 0.15) is 16.8 Å². The Labute approximate surface area is 141 Å². The quantitative estimate of drug-likeness (QED) is 0.919. The Balaban J connectivity index is 1.55. The molecule has 0 atom stereocenters. The lowest BCUT2D eigenvalue weighted by atomic mass is 10.1. The average molecular weight is 353 g/mol. The topological polar surface area (TPSA) is 58.1 Å². The first-order valence-corrected chi connectivity index (χ1v) is 8.21. The third-order valence-electron chi connectivity index (χ3n) is 3.57. The summed E-state index contributed by atoms with van der Waals surface area (Å²) in [5.41, 5.74) is 1.24. The van der Waals surface area contributed by atoms with Crippen LogP contribution < -0.4 is 10.2 Å². The number of carbonyl (C=O) groups is 1. The zero-order valence-corrected chi connectivity index (χ0v) is 13.9. The third kappa shape index (κ3) is 3.51. The first-order chi connectivity index (χ1) is 11.0. The summed E-state index contributed by atoms with van der Waals surface area (Å²) < 4.78 is 14.1. The van der Waals surface area contributed by atoms with E-state index in [1.807, 2.05) is 17.2 Å². The molecule has 0 bridgehead atoms. The predicted molar refractivity (Wildman–Crippen MR) is 88.8 cm³/mol. The fourth-order valence-corrected chi connectivity index (χ4v) is 3.07. The van der Waals surface area contributed by atoms with Gasteiger partial charge in [-0.05, 0) is 18.4 Å². The second kappa shape index (κ2) is 6.64. The number of halogens is 2. The van der Waals surface area contributed by atoms with E-state index in [1.165, 1.54) is 17.5 Å². The number of hydrogen-bond acceptors (Lipinski definition) is 5. The maximum Gasteiger partial charge on any atom is 0.252 e. The summed E-state index contributed by atoms with van der Waals surface area (Å²) in [6, 6.07) is 1.74. The Kier molecular flexibility index (Phi) is 4.58. The fourth-order valence-electron chi connectivity index (χ4n) is 2.23. The summed E-state index contributed by atoms with van der Waals surface area (Å²) in [7, 11) is 0. The monoisotopic (exact) mass is 352 g/mol. The molecule has 0 saturated carbocycles. The van der Waals surface area contributed by atoms with Crippen LogP contribution in [0.4, 0.5) is 10.2 Å². The van der Waals surface area contributed by atoms with Gasteiger partial charge in [-0.15, -0.1) is 11.3 Å². The summed E-state index contributed by atoms with van der Waals surface area (Å²) >= 11 is 7.27. The van der Waals surface area contributed by atoms with E-state index in [2.05, 4.69) is 15.3 Å². The number of anilines is 1. The fraction of sp³-hybridized carbons (Fsp3) is 0.267. The van der Waals surface area contributed by atoms with Crippen LogP contribution in [0, 0.1) is 6.92 Å². The van der Waals surface area contributed by atoms with E-state index >= 15 is 0 Å². The van der Waals surface area contributed by atoms with Gasteiger partial charge in [-0.3, -0.25) is 9.78 Å². The highest BCUT2D eigenvalue weighted by Crippen LogP contribution is 2.25. The van der Waals surface area contributed by atoms with E-state index in [4.69, 9.17) is 11.6 Å². The average Bonchev–Trinajstić information content (AvgIpc) is 2.89. The van der Waals surface area contributed by atoms with E-state index in [-0.39, 0.29) is 18.3 Å². The number of aromatic nitrogens is 2. The van der Waals surface area contributed by atoms with Crippen LogP contribution in [0.1, 0.15) is 15.2 Å². The molecular formula is C15H14ClFN4OS. The summed E-state index contributed by atoms with van der Waals surface area (Å²) in [6.07, 6.45) is 3.03. The van der Waals surface area contributed by atoms with E-state index in [0.717, 1.165) is 4.88 Å². The number of nitrogens with one attached hydrogen (secondary N) is 1. The lowest BCUT2D eigenvalue weighted by Gasteiger charge is -2.35. The molecule has 1 fully saturated rings. The summed E-state index contributed by atoms with van der Waals surface area (Å²) in [6.45, 7) is 2.62. The van der Waals surface area contributed by atoms with Gasteiger partial charge in [-0.2, -0.15) is 0 Å². The molecular weight excluding hydrogens is 339 g/mol. The van der Waals surface area contributed by atoms with Crippen molar-refractivity contribution in [3.63, 3.8) is 0 Å². The molecule has 120 valence electrons. The maximum atomic E-state index is 14.1. The van der Waals surface area contributed by atoms with Crippen molar-refractivity contribution in [1.82, 2.24) is 15.3 Å². The Morgan fingerprint density at radius 1 is 1.48 bits per heavy atom. The number of aryl methyl sites for hydroxylation is 1. The number of thiophene rings is 1. The van der Waals surface area contributed by atoms with Gasteiger partial charge < -0.3 is 10.2 Å². The highest BCUT2D eigenvalue weighted by atomic mass is 35.5. The van der Waals surface area contributed by atoms with Crippen LogP contribution in [-0.2, 0) is 0 Å². The van der Waals surface area contributed by atoms with Crippen LogP contribution in [0.15, 0.2) is 35.2 Å². The van der Waals surface area contributed by atoms with Crippen molar-refractivity contribution in [1.29, 1.82) is 0 Å². The van der Waals surface area contributed by atoms with Crippen molar-refractivity contribution >= 4 is 34.7 Å². The van der Waals surface area contributed by atoms with E-state index in [9.17, 15) is 9.18 Å². The molecule has 0 spiro atoms. The smallest absolute Gasteiger partial charge is 0.252 e. The lowest BCUT2D eigenvalue weighted by Crippen LogP contribution is -2.42.